The molecule has 0 aliphatic heterocycles. The van der Waals surface area contributed by atoms with Gasteiger partial charge < -0.3 is 9.72 Å². The molecule has 28 heavy (non-hydrogen) atoms. The summed E-state index contributed by atoms with van der Waals surface area (Å²) < 4.78 is 6.38. The van der Waals surface area contributed by atoms with Crippen molar-refractivity contribution >= 4 is 39.7 Å². The van der Waals surface area contributed by atoms with Gasteiger partial charge >= 0.3 is 5.97 Å². The number of aryl methyl sites for hydroxylation is 1. The Morgan fingerprint density at radius 3 is 2.61 bits per heavy atom. The molecule has 0 bridgehead atoms. The summed E-state index contributed by atoms with van der Waals surface area (Å²) in [5.41, 5.74) is 3.47. The number of benzene rings is 2. The van der Waals surface area contributed by atoms with Crippen LogP contribution in [-0.4, -0.2) is 32.9 Å². The number of nitrogens with zero attached hydrogens (tertiary/aromatic N) is 2. The van der Waals surface area contributed by atoms with Crippen LogP contribution in [0.3, 0.4) is 0 Å². The van der Waals surface area contributed by atoms with Crippen LogP contribution >= 0.6 is 11.8 Å². The topological polar surface area (TPSA) is 77.0 Å². The number of carbonyl (C=O) groups excluding carboxylic acids is 1. The van der Waals surface area contributed by atoms with Crippen molar-refractivity contribution in [2.75, 3.05) is 7.11 Å². The van der Waals surface area contributed by atoms with Gasteiger partial charge in [0.05, 0.1) is 12.8 Å². The average Bonchev–Trinajstić information content (AvgIpc) is 3.08. The molecule has 0 spiro atoms. The fourth-order valence-electron chi connectivity index (χ4n) is 3.12. The van der Waals surface area contributed by atoms with Gasteiger partial charge in [0.15, 0.2) is 5.16 Å². The van der Waals surface area contributed by atoms with E-state index in [9.17, 15) is 9.59 Å². The van der Waals surface area contributed by atoms with Crippen LogP contribution in [0, 0.1) is 6.92 Å². The molecule has 4 aromatic rings. The Balaban J connectivity index is 2.01. The van der Waals surface area contributed by atoms with Gasteiger partial charge in [-0.15, -0.1) is 0 Å². The SMILES string of the molecule is COC(=O)[C@@H](C)Sc1nc2c([nH]c3ccccc32)c(=O)n1-c1ccc(C)cc1. The molecule has 0 amide bonds. The molecule has 0 unspecified atom stereocenters. The van der Waals surface area contributed by atoms with E-state index < -0.39 is 5.25 Å². The Labute approximate surface area is 165 Å². The quantitative estimate of drug-likeness (QED) is 0.324. The van der Waals surface area contributed by atoms with E-state index in [1.807, 2.05) is 55.5 Å². The molecule has 1 N–H and O–H groups in total. The van der Waals surface area contributed by atoms with E-state index in [0.29, 0.717) is 21.9 Å². The highest BCUT2D eigenvalue weighted by Gasteiger charge is 2.22. The second-order valence-corrected chi connectivity index (χ2v) is 7.86. The third-order valence-corrected chi connectivity index (χ3v) is 5.63. The number of nitrogens with one attached hydrogen (secondary N) is 1. The molecular formula is C21H19N3O3S. The van der Waals surface area contributed by atoms with Crippen molar-refractivity contribution in [3.8, 4) is 5.69 Å². The molecule has 1 atom stereocenters. The van der Waals surface area contributed by atoms with E-state index in [4.69, 9.17) is 9.72 Å². The number of thioether (sulfide) groups is 1. The summed E-state index contributed by atoms with van der Waals surface area (Å²) in [6.45, 7) is 3.72. The number of hydrogen-bond acceptors (Lipinski definition) is 5. The molecule has 0 saturated heterocycles. The molecule has 0 fully saturated rings. The monoisotopic (exact) mass is 393 g/mol. The minimum Gasteiger partial charge on any atom is -0.468 e. The third-order valence-electron chi connectivity index (χ3n) is 4.60. The van der Waals surface area contributed by atoms with E-state index >= 15 is 0 Å². The van der Waals surface area contributed by atoms with Gasteiger partial charge in [-0.25, -0.2) is 4.98 Å². The Morgan fingerprint density at radius 1 is 1.18 bits per heavy atom. The Morgan fingerprint density at radius 2 is 1.89 bits per heavy atom. The summed E-state index contributed by atoms with van der Waals surface area (Å²) in [5.74, 6) is -0.367. The van der Waals surface area contributed by atoms with Gasteiger partial charge in [-0.3, -0.25) is 14.2 Å². The van der Waals surface area contributed by atoms with Crippen LogP contribution in [0.25, 0.3) is 27.6 Å². The van der Waals surface area contributed by atoms with E-state index in [1.54, 1.807) is 11.5 Å². The standard InChI is InChI=1S/C21H19N3O3S/c1-12-8-10-14(11-9-12)24-19(25)18-17(15-6-4-5-7-16(15)22-18)23-21(24)28-13(2)20(26)27-3/h4-11,13,22H,1-3H3/t13-/m1/s1. The number of H-pyrrole nitrogens is 1. The highest BCUT2D eigenvalue weighted by atomic mass is 32.2. The molecule has 2 aromatic carbocycles. The maximum absolute atomic E-state index is 13.4. The number of fused-ring (bicyclic) bond motifs is 3. The van der Waals surface area contributed by atoms with Gasteiger partial charge in [-0.2, -0.15) is 0 Å². The number of esters is 1. The summed E-state index contributed by atoms with van der Waals surface area (Å²) in [6, 6.07) is 15.3. The fraction of sp³-hybridized carbons (Fsp3) is 0.190. The van der Waals surface area contributed by atoms with Crippen molar-refractivity contribution in [3.05, 3.63) is 64.4 Å². The lowest BCUT2D eigenvalue weighted by molar-refractivity contribution is -0.139. The Bertz CT molecular complexity index is 1240. The fourth-order valence-corrected chi connectivity index (χ4v) is 4.06. The molecule has 142 valence electrons. The van der Waals surface area contributed by atoms with Crippen molar-refractivity contribution < 1.29 is 9.53 Å². The Kier molecular flexibility index (Phi) is 4.68. The number of aromatic amines is 1. The summed E-state index contributed by atoms with van der Waals surface area (Å²) in [5, 5.41) is 0.818. The Hall–Kier alpha value is -3.06. The highest BCUT2D eigenvalue weighted by Crippen LogP contribution is 2.28. The number of aromatic nitrogens is 3. The molecule has 0 aliphatic rings. The lowest BCUT2D eigenvalue weighted by Gasteiger charge is -2.14. The number of hydrogen-bond donors (Lipinski definition) is 1. The first-order valence-corrected chi connectivity index (χ1v) is 9.72. The van der Waals surface area contributed by atoms with Gasteiger partial charge in [-0.05, 0) is 32.0 Å². The highest BCUT2D eigenvalue weighted by molar-refractivity contribution is 8.00. The predicted molar refractivity (Wildman–Crippen MR) is 111 cm³/mol. The largest absolute Gasteiger partial charge is 0.468 e. The van der Waals surface area contributed by atoms with Crippen LogP contribution in [0.15, 0.2) is 58.5 Å². The second kappa shape index (κ2) is 7.16. The molecule has 4 rings (SSSR count). The summed E-state index contributed by atoms with van der Waals surface area (Å²) in [7, 11) is 1.35. The van der Waals surface area contributed by atoms with Gasteiger partial charge in [-0.1, -0.05) is 47.7 Å². The van der Waals surface area contributed by atoms with Crippen LogP contribution in [0.4, 0.5) is 0 Å². The first kappa shape index (κ1) is 18.3. The minimum absolute atomic E-state index is 0.204. The van der Waals surface area contributed by atoms with E-state index in [-0.39, 0.29) is 11.5 Å². The van der Waals surface area contributed by atoms with Crippen molar-refractivity contribution in [3.63, 3.8) is 0 Å². The van der Waals surface area contributed by atoms with Crippen molar-refractivity contribution in [1.82, 2.24) is 14.5 Å². The van der Waals surface area contributed by atoms with Crippen LogP contribution < -0.4 is 5.56 Å². The molecule has 0 radical (unpaired) electrons. The number of para-hydroxylation sites is 1. The van der Waals surface area contributed by atoms with Gasteiger partial charge in [0.2, 0.25) is 0 Å². The number of carbonyl (C=O) groups is 1. The lowest BCUT2D eigenvalue weighted by atomic mass is 10.2. The van der Waals surface area contributed by atoms with Crippen LogP contribution in [0.2, 0.25) is 0 Å². The van der Waals surface area contributed by atoms with Crippen LogP contribution in [0.1, 0.15) is 12.5 Å². The van der Waals surface area contributed by atoms with Gasteiger partial charge in [0, 0.05) is 10.9 Å². The summed E-state index contributed by atoms with van der Waals surface area (Å²) >= 11 is 1.21. The van der Waals surface area contributed by atoms with Crippen LogP contribution in [-0.2, 0) is 9.53 Å². The molecular weight excluding hydrogens is 374 g/mol. The normalized spacial score (nSPS) is 12.4. The van der Waals surface area contributed by atoms with Crippen molar-refractivity contribution in [1.29, 1.82) is 0 Å². The number of methoxy groups -OCH3 is 1. The van der Waals surface area contributed by atoms with E-state index in [1.165, 1.54) is 18.9 Å². The summed E-state index contributed by atoms with van der Waals surface area (Å²) in [4.78, 5) is 33.3. The smallest absolute Gasteiger partial charge is 0.318 e. The number of ether oxygens (including phenoxy) is 1. The van der Waals surface area contributed by atoms with E-state index in [2.05, 4.69) is 4.98 Å². The van der Waals surface area contributed by atoms with E-state index in [0.717, 1.165) is 16.5 Å². The maximum Gasteiger partial charge on any atom is 0.318 e. The van der Waals surface area contributed by atoms with Gasteiger partial charge in [0.1, 0.15) is 16.3 Å². The predicted octanol–water partition coefficient (Wildman–Crippen LogP) is 3.83. The zero-order chi connectivity index (χ0) is 19.8. The first-order valence-electron chi connectivity index (χ1n) is 8.84. The summed E-state index contributed by atoms with van der Waals surface area (Å²) in [6.07, 6.45) is 0. The van der Waals surface area contributed by atoms with Gasteiger partial charge in [0.25, 0.3) is 5.56 Å². The van der Waals surface area contributed by atoms with Crippen molar-refractivity contribution in [2.45, 2.75) is 24.3 Å². The first-order chi connectivity index (χ1) is 13.5. The molecule has 6 nitrogen and oxygen atoms in total. The average molecular weight is 393 g/mol. The zero-order valence-corrected chi connectivity index (χ0v) is 16.5. The maximum atomic E-state index is 13.4. The zero-order valence-electron chi connectivity index (χ0n) is 15.7. The second-order valence-electron chi connectivity index (χ2n) is 6.55. The number of rotatable bonds is 4. The molecule has 2 aromatic heterocycles. The third kappa shape index (κ3) is 3.07. The molecule has 0 aliphatic carbocycles. The molecule has 7 heteroatoms. The molecule has 0 saturated carbocycles. The lowest BCUT2D eigenvalue weighted by Crippen LogP contribution is -2.24. The molecule has 2 heterocycles. The van der Waals surface area contributed by atoms with Crippen LogP contribution in [0.5, 0.6) is 0 Å². The minimum atomic E-state index is -0.503. The van der Waals surface area contributed by atoms with Crippen molar-refractivity contribution in [2.24, 2.45) is 0 Å².